The largest absolute Gasteiger partial charge is 0.492 e. The minimum atomic E-state index is -0.448. The summed E-state index contributed by atoms with van der Waals surface area (Å²) in [5.41, 5.74) is 6.50. The standard InChI is InChI=1S/C15H25N3O2/c1-4-5-14(16)15(19)17-12-6-8-13(9-7-12)20-11-10-18(2)3/h6-9,14H,4-5,10-11,16H2,1-3H3,(H,17,19). The van der Waals surface area contributed by atoms with Crippen LogP contribution in [0.1, 0.15) is 19.8 Å². The zero-order valence-corrected chi connectivity index (χ0v) is 12.6. The Labute approximate surface area is 121 Å². The Hall–Kier alpha value is -1.59. The second-order valence-corrected chi connectivity index (χ2v) is 5.06. The number of amides is 1. The molecule has 112 valence electrons. The Morgan fingerprint density at radius 1 is 1.35 bits per heavy atom. The number of ether oxygens (including phenoxy) is 1. The van der Waals surface area contributed by atoms with Gasteiger partial charge in [0.1, 0.15) is 12.4 Å². The Kier molecular flexibility index (Phi) is 7.04. The van der Waals surface area contributed by atoms with Gasteiger partial charge in [0.2, 0.25) is 5.91 Å². The van der Waals surface area contributed by atoms with Gasteiger partial charge in [0, 0.05) is 12.2 Å². The summed E-state index contributed by atoms with van der Waals surface area (Å²) in [6.45, 7) is 3.51. The van der Waals surface area contributed by atoms with E-state index in [2.05, 4.69) is 10.2 Å². The first-order valence-electron chi connectivity index (χ1n) is 6.97. The van der Waals surface area contributed by atoms with Crippen LogP contribution in [-0.4, -0.2) is 44.1 Å². The fourth-order valence-electron chi connectivity index (χ4n) is 1.66. The molecule has 1 aromatic rings. The van der Waals surface area contributed by atoms with Crippen molar-refractivity contribution in [3.05, 3.63) is 24.3 Å². The van der Waals surface area contributed by atoms with E-state index in [1.54, 1.807) is 0 Å². The second-order valence-electron chi connectivity index (χ2n) is 5.06. The molecule has 20 heavy (non-hydrogen) atoms. The van der Waals surface area contributed by atoms with E-state index >= 15 is 0 Å². The van der Waals surface area contributed by atoms with Crippen LogP contribution in [0.3, 0.4) is 0 Å². The molecule has 1 aromatic carbocycles. The summed E-state index contributed by atoms with van der Waals surface area (Å²) >= 11 is 0. The molecule has 0 heterocycles. The lowest BCUT2D eigenvalue weighted by molar-refractivity contribution is -0.117. The lowest BCUT2D eigenvalue weighted by Crippen LogP contribution is -2.35. The van der Waals surface area contributed by atoms with Crippen molar-refractivity contribution in [2.75, 3.05) is 32.6 Å². The molecule has 1 rings (SSSR count). The molecule has 0 aliphatic carbocycles. The predicted octanol–water partition coefficient (Wildman–Crippen LogP) is 1.69. The average molecular weight is 279 g/mol. The molecule has 3 N–H and O–H groups in total. The Balaban J connectivity index is 2.44. The van der Waals surface area contributed by atoms with E-state index in [1.165, 1.54) is 0 Å². The molecule has 0 aliphatic rings. The van der Waals surface area contributed by atoms with Gasteiger partial charge in [-0.1, -0.05) is 13.3 Å². The van der Waals surface area contributed by atoms with E-state index < -0.39 is 6.04 Å². The lowest BCUT2D eigenvalue weighted by Gasteiger charge is -2.13. The van der Waals surface area contributed by atoms with Crippen LogP contribution in [0.5, 0.6) is 5.75 Å². The van der Waals surface area contributed by atoms with Crippen LogP contribution < -0.4 is 15.8 Å². The Bertz CT molecular complexity index is 404. The van der Waals surface area contributed by atoms with E-state index in [0.717, 1.165) is 24.4 Å². The highest BCUT2D eigenvalue weighted by Crippen LogP contribution is 2.16. The quantitative estimate of drug-likeness (QED) is 0.760. The highest BCUT2D eigenvalue weighted by molar-refractivity contribution is 5.94. The number of nitrogens with one attached hydrogen (secondary N) is 1. The van der Waals surface area contributed by atoms with Gasteiger partial charge >= 0.3 is 0 Å². The normalized spacial score (nSPS) is 12.2. The Morgan fingerprint density at radius 3 is 2.55 bits per heavy atom. The molecule has 5 heteroatoms. The summed E-state index contributed by atoms with van der Waals surface area (Å²) in [6, 6.07) is 6.88. The summed E-state index contributed by atoms with van der Waals surface area (Å²) in [7, 11) is 4.00. The summed E-state index contributed by atoms with van der Waals surface area (Å²) < 4.78 is 5.58. The lowest BCUT2D eigenvalue weighted by atomic mass is 10.1. The number of hydrogen-bond donors (Lipinski definition) is 2. The number of nitrogens with two attached hydrogens (primary N) is 1. The maximum atomic E-state index is 11.8. The highest BCUT2D eigenvalue weighted by Gasteiger charge is 2.12. The number of likely N-dealkylation sites (N-methyl/N-ethyl adjacent to an activating group) is 1. The zero-order valence-electron chi connectivity index (χ0n) is 12.6. The highest BCUT2D eigenvalue weighted by atomic mass is 16.5. The van der Waals surface area contributed by atoms with Gasteiger partial charge in [-0.15, -0.1) is 0 Å². The molecule has 0 saturated heterocycles. The van der Waals surface area contributed by atoms with E-state index in [1.807, 2.05) is 45.3 Å². The van der Waals surface area contributed by atoms with Gasteiger partial charge < -0.3 is 20.7 Å². The summed E-state index contributed by atoms with van der Waals surface area (Å²) in [5, 5.41) is 2.80. The SMILES string of the molecule is CCCC(N)C(=O)Nc1ccc(OCCN(C)C)cc1. The van der Waals surface area contributed by atoms with Crippen molar-refractivity contribution in [2.45, 2.75) is 25.8 Å². The molecular weight excluding hydrogens is 254 g/mol. The number of carbonyl (C=O) groups is 1. The molecule has 1 amide bonds. The van der Waals surface area contributed by atoms with E-state index in [4.69, 9.17) is 10.5 Å². The third-order valence-corrected chi connectivity index (χ3v) is 2.87. The number of anilines is 1. The number of rotatable bonds is 8. The van der Waals surface area contributed by atoms with E-state index in [-0.39, 0.29) is 5.91 Å². The maximum absolute atomic E-state index is 11.8. The first-order valence-corrected chi connectivity index (χ1v) is 6.97. The number of hydrogen-bond acceptors (Lipinski definition) is 4. The van der Waals surface area contributed by atoms with Gasteiger partial charge in [0.05, 0.1) is 6.04 Å². The molecule has 0 aromatic heterocycles. The van der Waals surface area contributed by atoms with Crippen LogP contribution in [0.25, 0.3) is 0 Å². The molecule has 0 spiro atoms. The molecular formula is C15H25N3O2. The van der Waals surface area contributed by atoms with Gasteiger partial charge in [0.25, 0.3) is 0 Å². The van der Waals surface area contributed by atoms with Crippen molar-refractivity contribution in [3.63, 3.8) is 0 Å². The molecule has 1 atom stereocenters. The van der Waals surface area contributed by atoms with Crippen LogP contribution in [0.15, 0.2) is 24.3 Å². The van der Waals surface area contributed by atoms with Crippen LogP contribution in [0.4, 0.5) is 5.69 Å². The Morgan fingerprint density at radius 2 is 2.00 bits per heavy atom. The molecule has 5 nitrogen and oxygen atoms in total. The van der Waals surface area contributed by atoms with Gasteiger partial charge in [-0.25, -0.2) is 0 Å². The molecule has 1 unspecified atom stereocenters. The average Bonchev–Trinajstić information content (AvgIpc) is 2.40. The van der Waals surface area contributed by atoms with Crippen LogP contribution in [-0.2, 0) is 4.79 Å². The predicted molar refractivity (Wildman–Crippen MR) is 82.0 cm³/mol. The van der Waals surface area contributed by atoms with Crippen molar-refractivity contribution in [1.82, 2.24) is 4.90 Å². The number of carbonyl (C=O) groups excluding carboxylic acids is 1. The van der Waals surface area contributed by atoms with Gasteiger partial charge in [0.15, 0.2) is 0 Å². The smallest absolute Gasteiger partial charge is 0.241 e. The minimum absolute atomic E-state index is 0.145. The molecule has 0 saturated carbocycles. The summed E-state index contributed by atoms with van der Waals surface area (Å²) in [5.74, 6) is 0.649. The molecule has 0 fully saturated rings. The third kappa shape index (κ3) is 6.04. The van der Waals surface area contributed by atoms with Crippen molar-refractivity contribution < 1.29 is 9.53 Å². The fourth-order valence-corrected chi connectivity index (χ4v) is 1.66. The first kappa shape index (κ1) is 16.5. The third-order valence-electron chi connectivity index (χ3n) is 2.87. The fraction of sp³-hybridized carbons (Fsp3) is 0.533. The summed E-state index contributed by atoms with van der Waals surface area (Å²) in [6.07, 6.45) is 1.59. The minimum Gasteiger partial charge on any atom is -0.492 e. The molecule has 0 aliphatic heterocycles. The topological polar surface area (TPSA) is 67.6 Å². The van der Waals surface area contributed by atoms with Crippen LogP contribution in [0.2, 0.25) is 0 Å². The van der Waals surface area contributed by atoms with Crippen molar-refractivity contribution in [2.24, 2.45) is 5.73 Å². The van der Waals surface area contributed by atoms with Crippen molar-refractivity contribution in [1.29, 1.82) is 0 Å². The number of benzene rings is 1. The second kappa shape index (κ2) is 8.55. The monoisotopic (exact) mass is 279 g/mol. The van der Waals surface area contributed by atoms with Gasteiger partial charge in [-0.05, 0) is 44.8 Å². The van der Waals surface area contributed by atoms with E-state index in [0.29, 0.717) is 13.0 Å². The number of nitrogens with zero attached hydrogens (tertiary/aromatic N) is 1. The maximum Gasteiger partial charge on any atom is 0.241 e. The van der Waals surface area contributed by atoms with Crippen molar-refractivity contribution in [3.8, 4) is 5.75 Å². The van der Waals surface area contributed by atoms with Gasteiger partial charge in [-0.3, -0.25) is 4.79 Å². The molecule has 0 radical (unpaired) electrons. The summed E-state index contributed by atoms with van der Waals surface area (Å²) in [4.78, 5) is 13.8. The molecule has 0 bridgehead atoms. The van der Waals surface area contributed by atoms with Crippen molar-refractivity contribution >= 4 is 11.6 Å². The van der Waals surface area contributed by atoms with Crippen LogP contribution >= 0.6 is 0 Å². The van der Waals surface area contributed by atoms with Gasteiger partial charge in [-0.2, -0.15) is 0 Å². The first-order chi connectivity index (χ1) is 9.52. The van der Waals surface area contributed by atoms with Crippen LogP contribution in [0, 0.1) is 0 Å². The van der Waals surface area contributed by atoms with E-state index in [9.17, 15) is 4.79 Å². The zero-order chi connectivity index (χ0) is 15.0.